The summed E-state index contributed by atoms with van der Waals surface area (Å²) < 4.78 is 11.4. The molecule has 0 aliphatic carbocycles. The van der Waals surface area contributed by atoms with Crippen LogP contribution in [0.2, 0.25) is 0 Å². The molecule has 2 amide bonds. The lowest BCUT2D eigenvalue weighted by Gasteiger charge is -2.34. The Kier molecular flexibility index (Phi) is 6.88. The fraction of sp³-hybridized carbons (Fsp3) is 0.440. The quantitative estimate of drug-likeness (QED) is 0.731. The number of hydrogen-bond acceptors (Lipinski definition) is 4. The molecule has 1 heterocycles. The minimum absolute atomic E-state index is 0.0281. The van der Waals surface area contributed by atoms with Crippen molar-refractivity contribution in [1.29, 1.82) is 0 Å². The Balaban J connectivity index is 1.66. The van der Waals surface area contributed by atoms with E-state index in [0.29, 0.717) is 42.8 Å². The van der Waals surface area contributed by atoms with Crippen LogP contribution >= 0.6 is 0 Å². The van der Waals surface area contributed by atoms with E-state index in [2.05, 4.69) is 19.2 Å². The SMILES string of the molecule is CC(C)COc1ccc(CC(=O)Nc2ccc3c(c2)N(C(=O)C(C)(C)C)CCO3)cc1. The maximum atomic E-state index is 12.8. The summed E-state index contributed by atoms with van der Waals surface area (Å²) in [6, 6.07) is 13.0. The van der Waals surface area contributed by atoms with Crippen LogP contribution in [0, 0.1) is 11.3 Å². The number of carbonyl (C=O) groups is 2. The predicted octanol–water partition coefficient (Wildman–Crippen LogP) is 4.67. The van der Waals surface area contributed by atoms with Crippen molar-refractivity contribution in [3.05, 3.63) is 48.0 Å². The number of ether oxygens (including phenoxy) is 2. The van der Waals surface area contributed by atoms with Gasteiger partial charge in [0.05, 0.1) is 25.3 Å². The van der Waals surface area contributed by atoms with E-state index in [1.54, 1.807) is 23.1 Å². The first kappa shape index (κ1) is 22.7. The van der Waals surface area contributed by atoms with Crippen molar-refractivity contribution in [2.75, 3.05) is 30.0 Å². The van der Waals surface area contributed by atoms with Crippen LogP contribution in [0.4, 0.5) is 11.4 Å². The molecule has 0 atom stereocenters. The Morgan fingerprint density at radius 1 is 1.13 bits per heavy atom. The zero-order valence-corrected chi connectivity index (χ0v) is 19.0. The normalized spacial score (nSPS) is 13.4. The van der Waals surface area contributed by atoms with Crippen LogP contribution in [0.15, 0.2) is 42.5 Å². The molecule has 166 valence electrons. The smallest absolute Gasteiger partial charge is 0.232 e. The van der Waals surface area contributed by atoms with Gasteiger partial charge in [0.25, 0.3) is 0 Å². The maximum Gasteiger partial charge on any atom is 0.232 e. The molecule has 0 saturated carbocycles. The van der Waals surface area contributed by atoms with Gasteiger partial charge in [0.15, 0.2) is 0 Å². The van der Waals surface area contributed by atoms with E-state index >= 15 is 0 Å². The van der Waals surface area contributed by atoms with Gasteiger partial charge in [-0.3, -0.25) is 9.59 Å². The molecule has 0 saturated heterocycles. The first-order valence-corrected chi connectivity index (χ1v) is 10.7. The molecule has 0 bridgehead atoms. The van der Waals surface area contributed by atoms with Crippen molar-refractivity contribution < 1.29 is 19.1 Å². The summed E-state index contributed by atoms with van der Waals surface area (Å²) in [5.74, 6) is 1.82. The fourth-order valence-corrected chi connectivity index (χ4v) is 3.27. The summed E-state index contributed by atoms with van der Waals surface area (Å²) in [6.07, 6.45) is 0.253. The van der Waals surface area contributed by atoms with Crippen molar-refractivity contribution in [3.63, 3.8) is 0 Å². The Morgan fingerprint density at radius 2 is 1.84 bits per heavy atom. The third kappa shape index (κ3) is 6.00. The van der Waals surface area contributed by atoms with Gasteiger partial charge in [-0.05, 0) is 41.8 Å². The van der Waals surface area contributed by atoms with Gasteiger partial charge in [-0.1, -0.05) is 46.8 Å². The average Bonchev–Trinajstić information content (AvgIpc) is 2.71. The van der Waals surface area contributed by atoms with E-state index in [9.17, 15) is 9.59 Å². The summed E-state index contributed by atoms with van der Waals surface area (Å²) in [6.45, 7) is 11.5. The van der Waals surface area contributed by atoms with E-state index in [4.69, 9.17) is 9.47 Å². The molecular formula is C25H32N2O4. The zero-order valence-electron chi connectivity index (χ0n) is 19.0. The number of nitrogens with zero attached hydrogens (tertiary/aromatic N) is 1. The van der Waals surface area contributed by atoms with Crippen LogP contribution in [-0.2, 0) is 16.0 Å². The Bertz CT molecular complexity index is 930. The van der Waals surface area contributed by atoms with Gasteiger partial charge in [0.1, 0.15) is 18.1 Å². The molecular weight excluding hydrogens is 392 g/mol. The Hall–Kier alpha value is -3.02. The number of amides is 2. The summed E-state index contributed by atoms with van der Waals surface area (Å²) in [5.41, 5.74) is 1.73. The van der Waals surface area contributed by atoms with Gasteiger partial charge in [0, 0.05) is 11.1 Å². The second-order valence-electron chi connectivity index (χ2n) is 9.31. The maximum absolute atomic E-state index is 12.8. The summed E-state index contributed by atoms with van der Waals surface area (Å²) >= 11 is 0. The van der Waals surface area contributed by atoms with Gasteiger partial charge in [-0.25, -0.2) is 0 Å². The third-order valence-corrected chi connectivity index (χ3v) is 4.86. The first-order valence-electron chi connectivity index (χ1n) is 10.7. The largest absolute Gasteiger partial charge is 0.493 e. The number of anilines is 2. The van der Waals surface area contributed by atoms with Crippen molar-refractivity contribution in [3.8, 4) is 11.5 Å². The van der Waals surface area contributed by atoms with E-state index in [-0.39, 0.29) is 18.2 Å². The minimum atomic E-state index is -0.501. The number of nitrogens with one attached hydrogen (secondary N) is 1. The highest BCUT2D eigenvalue weighted by Gasteiger charge is 2.32. The number of benzene rings is 2. The average molecular weight is 425 g/mol. The molecule has 1 aliphatic heterocycles. The molecule has 0 unspecified atom stereocenters. The Labute approximate surface area is 184 Å². The molecule has 1 N–H and O–H groups in total. The molecule has 0 fully saturated rings. The van der Waals surface area contributed by atoms with Gasteiger partial charge in [-0.15, -0.1) is 0 Å². The molecule has 1 aliphatic rings. The predicted molar refractivity (Wildman–Crippen MR) is 123 cm³/mol. The van der Waals surface area contributed by atoms with Gasteiger partial charge >= 0.3 is 0 Å². The van der Waals surface area contributed by atoms with Crippen LogP contribution in [0.3, 0.4) is 0 Å². The molecule has 2 aromatic carbocycles. The third-order valence-electron chi connectivity index (χ3n) is 4.86. The van der Waals surface area contributed by atoms with E-state index in [0.717, 1.165) is 11.3 Å². The van der Waals surface area contributed by atoms with E-state index < -0.39 is 5.41 Å². The summed E-state index contributed by atoms with van der Waals surface area (Å²) in [4.78, 5) is 27.2. The highest BCUT2D eigenvalue weighted by atomic mass is 16.5. The van der Waals surface area contributed by atoms with Crippen LogP contribution in [0.5, 0.6) is 11.5 Å². The minimum Gasteiger partial charge on any atom is -0.493 e. The van der Waals surface area contributed by atoms with Crippen LogP contribution in [0.25, 0.3) is 0 Å². The highest BCUT2D eigenvalue weighted by Crippen LogP contribution is 2.36. The highest BCUT2D eigenvalue weighted by molar-refractivity contribution is 6.00. The molecule has 6 nitrogen and oxygen atoms in total. The number of fused-ring (bicyclic) bond motifs is 1. The molecule has 2 aromatic rings. The topological polar surface area (TPSA) is 67.9 Å². The number of rotatable bonds is 6. The molecule has 31 heavy (non-hydrogen) atoms. The lowest BCUT2D eigenvalue weighted by Crippen LogP contribution is -2.44. The van der Waals surface area contributed by atoms with Crippen LogP contribution in [-0.4, -0.2) is 31.6 Å². The van der Waals surface area contributed by atoms with Crippen molar-refractivity contribution >= 4 is 23.2 Å². The van der Waals surface area contributed by atoms with E-state index in [1.165, 1.54) is 0 Å². The molecule has 0 spiro atoms. The van der Waals surface area contributed by atoms with E-state index in [1.807, 2.05) is 45.0 Å². The number of carbonyl (C=O) groups excluding carboxylic acids is 2. The number of hydrogen-bond donors (Lipinski definition) is 1. The molecule has 0 aromatic heterocycles. The summed E-state index contributed by atoms with van der Waals surface area (Å²) in [7, 11) is 0. The van der Waals surface area contributed by atoms with Crippen molar-refractivity contribution in [2.45, 2.75) is 41.0 Å². The second kappa shape index (κ2) is 9.41. The van der Waals surface area contributed by atoms with Crippen LogP contribution in [0.1, 0.15) is 40.2 Å². The Morgan fingerprint density at radius 3 is 2.48 bits per heavy atom. The standard InChI is InChI=1S/C25H32N2O4/c1-17(2)16-31-20-9-6-18(7-10-20)14-23(28)26-19-8-11-22-21(15-19)27(12-13-30-22)24(29)25(3,4)5/h6-11,15,17H,12-14,16H2,1-5H3,(H,26,28). The summed E-state index contributed by atoms with van der Waals surface area (Å²) in [5, 5.41) is 2.93. The zero-order chi connectivity index (χ0) is 22.6. The molecule has 3 rings (SSSR count). The van der Waals surface area contributed by atoms with Crippen molar-refractivity contribution in [2.24, 2.45) is 11.3 Å². The lowest BCUT2D eigenvalue weighted by molar-refractivity contribution is -0.126. The fourth-order valence-electron chi connectivity index (χ4n) is 3.27. The van der Waals surface area contributed by atoms with Crippen LogP contribution < -0.4 is 19.7 Å². The van der Waals surface area contributed by atoms with Gasteiger partial charge in [-0.2, -0.15) is 0 Å². The molecule has 0 radical (unpaired) electrons. The van der Waals surface area contributed by atoms with Gasteiger partial charge < -0.3 is 19.7 Å². The lowest BCUT2D eigenvalue weighted by atomic mass is 9.94. The first-order chi connectivity index (χ1) is 14.6. The monoisotopic (exact) mass is 424 g/mol. The van der Waals surface area contributed by atoms with Crippen molar-refractivity contribution in [1.82, 2.24) is 0 Å². The molecule has 6 heteroatoms. The second-order valence-corrected chi connectivity index (χ2v) is 9.31. The van der Waals surface area contributed by atoms with Gasteiger partial charge in [0.2, 0.25) is 11.8 Å².